The van der Waals surface area contributed by atoms with Crippen molar-refractivity contribution in [1.82, 2.24) is 5.32 Å². The lowest BCUT2D eigenvalue weighted by Gasteiger charge is -2.18. The number of fused-ring (bicyclic) bond motifs is 1. The Labute approximate surface area is 103 Å². The molecule has 1 aromatic carbocycles. The van der Waals surface area contributed by atoms with E-state index in [1.807, 2.05) is 33.0 Å². The first-order chi connectivity index (χ1) is 7.95. The second-order valence-electron chi connectivity index (χ2n) is 4.80. The smallest absolute Gasteiger partial charge is 0.178 e. The quantitative estimate of drug-likeness (QED) is 0.834. The third kappa shape index (κ3) is 2.24. The monoisotopic (exact) mass is 253 g/mol. The average Bonchev–Trinajstić information content (AvgIpc) is 2.34. The molecule has 0 aliphatic carbocycles. The van der Waals surface area contributed by atoms with Crippen molar-refractivity contribution in [3.05, 3.63) is 28.8 Å². The molecule has 94 valence electrons. The topological polar surface area (TPSA) is 46.2 Å². The van der Waals surface area contributed by atoms with Gasteiger partial charge in [0.1, 0.15) is 0 Å². The summed E-state index contributed by atoms with van der Waals surface area (Å²) < 4.78 is 24.5. The van der Waals surface area contributed by atoms with E-state index < -0.39 is 9.84 Å². The lowest BCUT2D eigenvalue weighted by Crippen LogP contribution is -2.17. The van der Waals surface area contributed by atoms with Gasteiger partial charge in [-0.05, 0) is 44.9 Å². The Morgan fingerprint density at radius 1 is 1.29 bits per heavy atom. The van der Waals surface area contributed by atoms with Gasteiger partial charge in [-0.3, -0.25) is 0 Å². The highest BCUT2D eigenvalue weighted by atomic mass is 32.2. The van der Waals surface area contributed by atoms with Crippen LogP contribution in [-0.4, -0.2) is 21.2 Å². The average molecular weight is 253 g/mol. The highest BCUT2D eigenvalue weighted by Crippen LogP contribution is 2.33. The molecule has 1 unspecified atom stereocenters. The van der Waals surface area contributed by atoms with Gasteiger partial charge in [0.25, 0.3) is 0 Å². The van der Waals surface area contributed by atoms with Crippen molar-refractivity contribution in [3.63, 3.8) is 0 Å². The molecule has 4 heteroatoms. The fourth-order valence-electron chi connectivity index (χ4n) is 2.71. The highest BCUT2D eigenvalue weighted by molar-refractivity contribution is 7.91. The SMILES string of the molecule is CNC1CCCS(=O)(=O)c2c(C)cc(C)cc21. The molecule has 1 aromatic rings. The van der Waals surface area contributed by atoms with Crippen LogP contribution >= 0.6 is 0 Å². The maximum Gasteiger partial charge on any atom is 0.178 e. The highest BCUT2D eigenvalue weighted by Gasteiger charge is 2.28. The minimum absolute atomic E-state index is 0.154. The van der Waals surface area contributed by atoms with E-state index >= 15 is 0 Å². The summed E-state index contributed by atoms with van der Waals surface area (Å²) in [5, 5.41) is 3.23. The number of sulfone groups is 1. The summed E-state index contributed by atoms with van der Waals surface area (Å²) in [5.41, 5.74) is 2.95. The van der Waals surface area contributed by atoms with E-state index in [1.165, 1.54) is 0 Å². The molecule has 0 amide bonds. The predicted octanol–water partition coefficient (Wildman–Crippen LogP) is 2.13. The van der Waals surface area contributed by atoms with Gasteiger partial charge in [-0.25, -0.2) is 8.42 Å². The van der Waals surface area contributed by atoms with Crippen LogP contribution in [-0.2, 0) is 9.84 Å². The second-order valence-corrected chi connectivity index (χ2v) is 6.85. The van der Waals surface area contributed by atoms with Gasteiger partial charge in [0, 0.05) is 6.04 Å². The van der Waals surface area contributed by atoms with Gasteiger partial charge in [-0.1, -0.05) is 17.7 Å². The molecular formula is C13H19NO2S. The van der Waals surface area contributed by atoms with Crippen molar-refractivity contribution in [2.24, 2.45) is 0 Å². The summed E-state index contributed by atoms with van der Waals surface area (Å²) in [6.07, 6.45) is 1.60. The van der Waals surface area contributed by atoms with Gasteiger partial charge in [0.2, 0.25) is 0 Å². The van der Waals surface area contributed by atoms with Crippen LogP contribution < -0.4 is 5.32 Å². The van der Waals surface area contributed by atoms with Crippen LogP contribution in [0.4, 0.5) is 0 Å². The minimum atomic E-state index is -3.11. The molecule has 0 bridgehead atoms. The lowest BCUT2D eigenvalue weighted by atomic mass is 9.98. The molecule has 17 heavy (non-hydrogen) atoms. The number of rotatable bonds is 1. The number of nitrogens with one attached hydrogen (secondary N) is 1. The van der Waals surface area contributed by atoms with Crippen LogP contribution in [0, 0.1) is 13.8 Å². The molecular weight excluding hydrogens is 234 g/mol. The lowest BCUT2D eigenvalue weighted by molar-refractivity contribution is 0.540. The van der Waals surface area contributed by atoms with E-state index in [4.69, 9.17) is 0 Å². The molecule has 0 fully saturated rings. The fraction of sp³-hybridized carbons (Fsp3) is 0.538. The first kappa shape index (κ1) is 12.6. The molecule has 2 rings (SSSR count). The first-order valence-corrected chi connectivity index (χ1v) is 7.62. The largest absolute Gasteiger partial charge is 0.313 e. The van der Waals surface area contributed by atoms with Crippen LogP contribution in [0.1, 0.15) is 35.6 Å². The van der Waals surface area contributed by atoms with E-state index in [9.17, 15) is 8.42 Å². The molecule has 1 heterocycles. The Kier molecular flexibility index (Phi) is 3.27. The molecule has 1 aliphatic heterocycles. The van der Waals surface area contributed by atoms with Gasteiger partial charge in [-0.2, -0.15) is 0 Å². The van der Waals surface area contributed by atoms with Crippen LogP contribution in [0.25, 0.3) is 0 Å². The Hall–Kier alpha value is -0.870. The zero-order chi connectivity index (χ0) is 12.6. The van der Waals surface area contributed by atoms with E-state index in [1.54, 1.807) is 0 Å². The summed E-state index contributed by atoms with van der Waals surface area (Å²) in [7, 11) is -1.22. The number of benzene rings is 1. The standard InChI is InChI=1S/C13H19NO2S/c1-9-7-10(2)13-11(8-9)12(14-3)5-4-6-17(13,15)16/h7-8,12,14H,4-6H2,1-3H3. The summed E-state index contributed by atoms with van der Waals surface area (Å²) in [6, 6.07) is 4.11. The molecule has 0 spiro atoms. The molecule has 0 saturated carbocycles. The Morgan fingerprint density at radius 2 is 2.00 bits per heavy atom. The molecule has 1 aliphatic rings. The van der Waals surface area contributed by atoms with Crippen molar-refractivity contribution in [2.75, 3.05) is 12.8 Å². The van der Waals surface area contributed by atoms with E-state index in [0.29, 0.717) is 4.90 Å². The molecule has 0 aromatic heterocycles. The number of hydrogen-bond donors (Lipinski definition) is 1. The van der Waals surface area contributed by atoms with Crippen LogP contribution in [0.5, 0.6) is 0 Å². The number of aryl methyl sites for hydroxylation is 2. The molecule has 0 radical (unpaired) electrons. The summed E-state index contributed by atoms with van der Waals surface area (Å²) >= 11 is 0. The summed E-state index contributed by atoms with van der Waals surface area (Å²) in [6.45, 7) is 3.90. The third-order valence-electron chi connectivity index (χ3n) is 3.39. The van der Waals surface area contributed by atoms with E-state index in [-0.39, 0.29) is 11.8 Å². The van der Waals surface area contributed by atoms with Crippen molar-refractivity contribution in [2.45, 2.75) is 37.6 Å². The summed E-state index contributed by atoms with van der Waals surface area (Å²) in [4.78, 5) is 0.556. The maximum atomic E-state index is 12.3. The Bertz CT molecular complexity index is 535. The van der Waals surface area contributed by atoms with Gasteiger partial charge < -0.3 is 5.32 Å². The van der Waals surface area contributed by atoms with Crippen LogP contribution in [0.3, 0.4) is 0 Å². The normalized spacial score (nSPS) is 22.9. The van der Waals surface area contributed by atoms with E-state index in [2.05, 4.69) is 5.32 Å². The van der Waals surface area contributed by atoms with E-state index in [0.717, 1.165) is 29.5 Å². The number of hydrogen-bond acceptors (Lipinski definition) is 3. The second kappa shape index (κ2) is 4.42. The Morgan fingerprint density at radius 3 is 2.65 bits per heavy atom. The Balaban J connectivity index is 2.74. The van der Waals surface area contributed by atoms with Crippen molar-refractivity contribution >= 4 is 9.84 Å². The fourth-order valence-corrected chi connectivity index (χ4v) is 4.57. The third-order valence-corrected chi connectivity index (χ3v) is 5.39. The summed E-state index contributed by atoms with van der Waals surface area (Å²) in [5.74, 6) is 0.266. The molecule has 3 nitrogen and oxygen atoms in total. The van der Waals surface area contributed by atoms with Crippen LogP contribution in [0.15, 0.2) is 17.0 Å². The first-order valence-electron chi connectivity index (χ1n) is 5.97. The van der Waals surface area contributed by atoms with Gasteiger partial charge >= 0.3 is 0 Å². The van der Waals surface area contributed by atoms with Gasteiger partial charge in [-0.15, -0.1) is 0 Å². The van der Waals surface area contributed by atoms with Crippen LogP contribution in [0.2, 0.25) is 0 Å². The van der Waals surface area contributed by atoms with Crippen molar-refractivity contribution in [1.29, 1.82) is 0 Å². The molecule has 1 atom stereocenters. The minimum Gasteiger partial charge on any atom is -0.313 e. The van der Waals surface area contributed by atoms with Gasteiger partial charge in [0.15, 0.2) is 9.84 Å². The zero-order valence-electron chi connectivity index (χ0n) is 10.6. The van der Waals surface area contributed by atoms with Crippen molar-refractivity contribution in [3.8, 4) is 0 Å². The molecule has 1 N–H and O–H groups in total. The molecule has 0 saturated heterocycles. The maximum absolute atomic E-state index is 12.3. The predicted molar refractivity (Wildman–Crippen MR) is 69.0 cm³/mol. The van der Waals surface area contributed by atoms with Gasteiger partial charge in [0.05, 0.1) is 10.6 Å². The van der Waals surface area contributed by atoms with Crippen molar-refractivity contribution < 1.29 is 8.42 Å². The zero-order valence-corrected chi connectivity index (χ0v) is 11.4.